The molecule has 0 spiro atoms. The standard InChI is InChI=1S/C60H42N2Si/c1-6-21-43(22-7-1)50-39-37-45(41-55(50)44-23-8-2-9-24-44)61-56-34-18-17-32-52(56)54-33-20-36-58(60(54)61)62-57-35-19-16-31-51(57)53-40-38-49(42-59(53)62)63(46-25-10-3-11-26-46,47-27-12-4-13-28-47)48-29-14-5-15-30-48/h1-42H. The Morgan fingerprint density at radius 3 is 1.32 bits per heavy atom. The Kier molecular flexibility index (Phi) is 8.87. The zero-order valence-electron chi connectivity index (χ0n) is 34.6. The van der Waals surface area contributed by atoms with E-state index in [4.69, 9.17) is 0 Å². The Hall–Kier alpha value is -7.98. The van der Waals surface area contributed by atoms with E-state index in [2.05, 4.69) is 264 Å². The minimum absolute atomic E-state index is 1.12. The quantitative estimate of drug-likeness (QED) is 0.107. The van der Waals surface area contributed by atoms with E-state index in [9.17, 15) is 0 Å². The molecule has 2 heterocycles. The van der Waals surface area contributed by atoms with Crippen LogP contribution in [0.15, 0.2) is 255 Å². The summed E-state index contributed by atoms with van der Waals surface area (Å²) in [5.41, 5.74) is 11.8. The monoisotopic (exact) mass is 818 g/mol. The molecule has 296 valence electrons. The molecule has 12 rings (SSSR count). The lowest BCUT2D eigenvalue weighted by Crippen LogP contribution is -2.74. The SMILES string of the molecule is c1ccc(-c2ccc(-n3c4ccccc4c4cccc(-n5c6ccccc6c6ccc([Si](c7ccccc7)(c7ccccc7)c7ccccc7)cc65)c43)cc2-c2ccccc2)cc1. The minimum atomic E-state index is -2.82. The molecule has 0 N–H and O–H groups in total. The number of para-hydroxylation sites is 3. The summed E-state index contributed by atoms with van der Waals surface area (Å²) >= 11 is 0. The van der Waals surface area contributed by atoms with Gasteiger partial charge in [0, 0.05) is 27.2 Å². The molecule has 0 aliphatic carbocycles. The number of hydrogen-bond acceptors (Lipinski definition) is 0. The van der Waals surface area contributed by atoms with Crippen molar-refractivity contribution in [3.05, 3.63) is 255 Å². The molecule has 3 heteroatoms. The van der Waals surface area contributed by atoms with E-state index in [-0.39, 0.29) is 0 Å². The summed E-state index contributed by atoms with van der Waals surface area (Å²) in [5, 5.41) is 10.4. The van der Waals surface area contributed by atoms with Crippen LogP contribution in [0, 0.1) is 0 Å². The minimum Gasteiger partial charge on any atom is -0.307 e. The van der Waals surface area contributed by atoms with Gasteiger partial charge in [0.25, 0.3) is 0 Å². The second-order valence-corrected chi connectivity index (χ2v) is 20.2. The van der Waals surface area contributed by atoms with Crippen molar-refractivity contribution in [2.75, 3.05) is 0 Å². The average molecular weight is 819 g/mol. The van der Waals surface area contributed by atoms with E-state index in [1.165, 1.54) is 86.6 Å². The first kappa shape index (κ1) is 36.8. The van der Waals surface area contributed by atoms with Gasteiger partial charge in [-0.1, -0.05) is 218 Å². The molecule has 0 aliphatic heterocycles. The third-order valence-electron chi connectivity index (χ3n) is 13.1. The highest BCUT2D eigenvalue weighted by molar-refractivity contribution is 7.20. The summed E-state index contributed by atoms with van der Waals surface area (Å²) in [4.78, 5) is 0. The smallest absolute Gasteiger partial charge is 0.179 e. The molecule has 10 aromatic carbocycles. The summed E-state index contributed by atoms with van der Waals surface area (Å²) in [7, 11) is -2.82. The molecule has 63 heavy (non-hydrogen) atoms. The maximum absolute atomic E-state index is 2.82. The number of aromatic nitrogens is 2. The zero-order valence-corrected chi connectivity index (χ0v) is 35.6. The molecule has 2 nitrogen and oxygen atoms in total. The van der Waals surface area contributed by atoms with E-state index in [0.717, 1.165) is 11.4 Å². The maximum atomic E-state index is 2.54. The zero-order chi connectivity index (χ0) is 41.7. The molecule has 12 aromatic rings. The molecule has 0 aliphatic rings. The Morgan fingerprint density at radius 1 is 0.270 bits per heavy atom. The van der Waals surface area contributed by atoms with Gasteiger partial charge in [-0.15, -0.1) is 0 Å². The van der Waals surface area contributed by atoms with Crippen LogP contribution >= 0.6 is 0 Å². The van der Waals surface area contributed by atoms with Gasteiger partial charge in [0.1, 0.15) is 0 Å². The summed E-state index contributed by atoms with van der Waals surface area (Å²) < 4.78 is 5.05. The number of fused-ring (bicyclic) bond motifs is 6. The van der Waals surface area contributed by atoms with Crippen molar-refractivity contribution in [2.24, 2.45) is 0 Å². The predicted octanol–water partition coefficient (Wildman–Crippen LogP) is 12.6. The normalized spacial score (nSPS) is 11.8. The average Bonchev–Trinajstić information content (AvgIpc) is 3.88. The maximum Gasteiger partial charge on any atom is 0.179 e. The third-order valence-corrected chi connectivity index (χ3v) is 17.8. The van der Waals surface area contributed by atoms with Crippen LogP contribution in [0.25, 0.3) is 77.2 Å². The van der Waals surface area contributed by atoms with Gasteiger partial charge in [0.15, 0.2) is 8.07 Å². The fourth-order valence-corrected chi connectivity index (χ4v) is 15.1. The topological polar surface area (TPSA) is 9.86 Å². The van der Waals surface area contributed by atoms with Crippen molar-refractivity contribution < 1.29 is 0 Å². The highest BCUT2D eigenvalue weighted by Gasteiger charge is 2.41. The second-order valence-electron chi connectivity index (χ2n) is 16.4. The molecule has 0 unspecified atom stereocenters. The first-order valence-corrected chi connectivity index (χ1v) is 23.8. The van der Waals surface area contributed by atoms with E-state index < -0.39 is 8.07 Å². The van der Waals surface area contributed by atoms with Gasteiger partial charge < -0.3 is 9.13 Å². The van der Waals surface area contributed by atoms with Crippen molar-refractivity contribution in [3.8, 4) is 33.6 Å². The molecule has 0 saturated heterocycles. The molecule has 0 saturated carbocycles. The number of benzene rings is 10. The first-order valence-electron chi connectivity index (χ1n) is 21.8. The largest absolute Gasteiger partial charge is 0.307 e. The molecular weight excluding hydrogens is 777 g/mol. The highest BCUT2D eigenvalue weighted by atomic mass is 28.3. The summed E-state index contributed by atoms with van der Waals surface area (Å²) in [5.74, 6) is 0. The number of hydrogen-bond donors (Lipinski definition) is 0. The van der Waals surface area contributed by atoms with Crippen molar-refractivity contribution in [3.63, 3.8) is 0 Å². The Morgan fingerprint density at radius 2 is 0.730 bits per heavy atom. The highest BCUT2D eigenvalue weighted by Crippen LogP contribution is 2.41. The van der Waals surface area contributed by atoms with Crippen LogP contribution in [-0.2, 0) is 0 Å². The first-order chi connectivity index (χ1) is 31.3. The number of nitrogens with zero attached hydrogens (tertiary/aromatic N) is 2. The summed E-state index contributed by atoms with van der Waals surface area (Å²) in [6, 6.07) is 94.3. The van der Waals surface area contributed by atoms with Crippen LogP contribution in [0.2, 0.25) is 0 Å². The van der Waals surface area contributed by atoms with Crippen molar-refractivity contribution in [1.82, 2.24) is 9.13 Å². The van der Waals surface area contributed by atoms with Crippen LogP contribution in [0.3, 0.4) is 0 Å². The Labute approximate surface area is 368 Å². The summed E-state index contributed by atoms with van der Waals surface area (Å²) in [6.07, 6.45) is 0. The lowest BCUT2D eigenvalue weighted by atomic mass is 9.94. The van der Waals surface area contributed by atoms with E-state index in [1.807, 2.05) is 0 Å². The van der Waals surface area contributed by atoms with Gasteiger partial charge in [0.2, 0.25) is 0 Å². The van der Waals surface area contributed by atoms with E-state index in [0.29, 0.717) is 0 Å². The second kappa shape index (κ2) is 15.2. The van der Waals surface area contributed by atoms with E-state index >= 15 is 0 Å². The van der Waals surface area contributed by atoms with Gasteiger partial charge in [-0.2, -0.15) is 0 Å². The third kappa shape index (κ3) is 5.85. The van der Waals surface area contributed by atoms with E-state index in [1.54, 1.807) is 0 Å². The van der Waals surface area contributed by atoms with Crippen molar-refractivity contribution >= 4 is 72.4 Å². The molecule has 0 amide bonds. The molecule has 0 bridgehead atoms. The van der Waals surface area contributed by atoms with Crippen molar-refractivity contribution in [1.29, 1.82) is 0 Å². The molecule has 0 fully saturated rings. The Bertz CT molecular complexity index is 3500. The number of rotatable bonds is 8. The van der Waals surface area contributed by atoms with Gasteiger partial charge in [-0.25, -0.2) is 0 Å². The molecule has 2 aromatic heterocycles. The van der Waals surface area contributed by atoms with Gasteiger partial charge in [0.05, 0.1) is 27.8 Å². The fraction of sp³-hybridized carbons (Fsp3) is 0. The van der Waals surface area contributed by atoms with Crippen LogP contribution < -0.4 is 20.7 Å². The fourth-order valence-electron chi connectivity index (χ4n) is 10.4. The molecule has 0 radical (unpaired) electrons. The van der Waals surface area contributed by atoms with Crippen LogP contribution in [-0.4, -0.2) is 17.2 Å². The Balaban J connectivity index is 1.18. The predicted molar refractivity (Wildman–Crippen MR) is 270 cm³/mol. The molecule has 0 atom stereocenters. The van der Waals surface area contributed by atoms with Gasteiger partial charge >= 0.3 is 0 Å². The van der Waals surface area contributed by atoms with Crippen LogP contribution in [0.4, 0.5) is 0 Å². The van der Waals surface area contributed by atoms with Crippen molar-refractivity contribution in [2.45, 2.75) is 0 Å². The molecular formula is C60H42N2Si. The van der Waals surface area contributed by atoms with Crippen LogP contribution in [0.1, 0.15) is 0 Å². The van der Waals surface area contributed by atoms with Gasteiger partial charge in [-0.3, -0.25) is 0 Å². The summed E-state index contributed by atoms with van der Waals surface area (Å²) in [6.45, 7) is 0. The lowest BCUT2D eigenvalue weighted by Gasteiger charge is -2.34. The lowest BCUT2D eigenvalue weighted by molar-refractivity contribution is 1.13. The van der Waals surface area contributed by atoms with Gasteiger partial charge in [-0.05, 0) is 79.4 Å². The van der Waals surface area contributed by atoms with Crippen LogP contribution in [0.5, 0.6) is 0 Å².